The van der Waals surface area contributed by atoms with Gasteiger partial charge in [-0.1, -0.05) is 141 Å². The predicted octanol–water partition coefficient (Wildman–Crippen LogP) is 10.5. The third-order valence-electron chi connectivity index (χ3n) is 9.87. The van der Waals surface area contributed by atoms with Gasteiger partial charge in [0.1, 0.15) is 0 Å². The van der Waals surface area contributed by atoms with Crippen LogP contribution in [0, 0.1) is 0 Å². The maximum atomic E-state index is 4.86. The second kappa shape index (κ2) is 9.76. The van der Waals surface area contributed by atoms with Crippen molar-refractivity contribution in [1.82, 2.24) is 9.97 Å². The molecule has 1 aliphatic carbocycles. The largest absolute Gasteiger partial charge is 0.252 e. The Labute approximate surface area is 267 Å². The summed E-state index contributed by atoms with van der Waals surface area (Å²) in [4.78, 5) is 12.1. The molecule has 0 saturated heterocycles. The highest BCUT2D eigenvalue weighted by molar-refractivity contribution is 7.99. The van der Waals surface area contributed by atoms with E-state index < -0.39 is 5.41 Å². The first-order valence-electron chi connectivity index (χ1n) is 15.5. The number of rotatable bonds is 2. The van der Waals surface area contributed by atoms with Gasteiger partial charge in [0.25, 0.3) is 0 Å². The van der Waals surface area contributed by atoms with Gasteiger partial charge in [0.05, 0.1) is 28.3 Å². The molecule has 1 aliphatic heterocycles. The topological polar surface area (TPSA) is 25.8 Å². The molecule has 0 N–H and O–H groups in total. The Morgan fingerprint density at radius 2 is 1.00 bits per heavy atom. The van der Waals surface area contributed by atoms with Crippen LogP contribution in [0.4, 0.5) is 0 Å². The highest BCUT2D eigenvalue weighted by Gasteiger charge is 2.51. The number of benzene rings is 6. The van der Waals surface area contributed by atoms with Gasteiger partial charge in [0, 0.05) is 20.8 Å². The molecule has 1 aromatic heterocycles. The minimum atomic E-state index is -0.392. The Kier molecular flexibility index (Phi) is 5.73. The Bertz CT molecular complexity index is 2230. The highest BCUT2D eigenvalue weighted by Crippen LogP contribution is 2.61. The molecule has 0 atom stereocenters. The number of fused-ring (bicyclic) bond motifs is 9. The monoisotopic (exact) mass is 594 g/mol. The van der Waals surface area contributed by atoms with E-state index >= 15 is 0 Å². The highest BCUT2D eigenvalue weighted by atomic mass is 32.2. The molecule has 1 spiro atoms. The van der Waals surface area contributed by atoms with Crippen molar-refractivity contribution in [3.8, 4) is 22.4 Å². The summed E-state index contributed by atoms with van der Waals surface area (Å²) in [6.45, 7) is 4.75. The van der Waals surface area contributed by atoms with Crippen LogP contribution in [0.15, 0.2) is 156 Å². The van der Waals surface area contributed by atoms with Crippen molar-refractivity contribution >= 4 is 22.8 Å². The number of nitrogens with zero attached hydrogens (tertiary/aromatic N) is 2. The predicted molar refractivity (Wildman–Crippen MR) is 185 cm³/mol. The third kappa shape index (κ3) is 3.77. The van der Waals surface area contributed by atoms with Crippen LogP contribution in [0.3, 0.4) is 0 Å². The molecule has 7 aromatic rings. The lowest BCUT2D eigenvalue weighted by Crippen LogP contribution is -2.43. The molecule has 2 aliphatic rings. The second-order valence-electron chi connectivity index (χ2n) is 12.6. The third-order valence-corrected chi connectivity index (χ3v) is 11.0. The number of hydrogen-bond acceptors (Lipinski definition) is 3. The van der Waals surface area contributed by atoms with Crippen molar-refractivity contribution in [1.29, 1.82) is 0 Å². The van der Waals surface area contributed by atoms with Crippen molar-refractivity contribution in [2.24, 2.45) is 0 Å². The fraction of sp³-hybridized carbons (Fsp3) is 0.0952. The summed E-state index contributed by atoms with van der Waals surface area (Å²) in [5, 5.41) is 0. The zero-order chi connectivity index (χ0) is 30.2. The fourth-order valence-electron chi connectivity index (χ4n) is 7.74. The lowest BCUT2D eigenvalue weighted by molar-refractivity contribution is 0.549. The van der Waals surface area contributed by atoms with E-state index in [4.69, 9.17) is 4.98 Å². The van der Waals surface area contributed by atoms with Gasteiger partial charge in [-0.15, -0.1) is 0 Å². The standard InChI is InChI=1S/C42H30N2S/c1-41(2)30-11-3-5-13-32(30)42(33-14-6-4-12-31(33)41)34-15-7-10-18-39(34)45-40-25-29(23-24-35(40)42)27-19-21-28(22-20-27)38-26-43-36-16-8-9-17-37(36)44-38/h3-26H,1-2H3. The van der Waals surface area contributed by atoms with Crippen molar-refractivity contribution in [2.45, 2.75) is 34.5 Å². The van der Waals surface area contributed by atoms with Gasteiger partial charge in [-0.25, -0.2) is 4.98 Å². The molecular formula is C42H30N2S. The molecule has 214 valence electrons. The molecule has 3 heteroatoms. The molecular weight excluding hydrogens is 565 g/mol. The molecule has 0 fully saturated rings. The summed E-state index contributed by atoms with van der Waals surface area (Å²) in [6, 6.07) is 51.1. The summed E-state index contributed by atoms with van der Waals surface area (Å²) in [5.41, 5.74) is 14.0. The first-order chi connectivity index (χ1) is 22.0. The van der Waals surface area contributed by atoms with Gasteiger partial charge in [-0.3, -0.25) is 4.98 Å². The molecule has 0 bridgehead atoms. The van der Waals surface area contributed by atoms with E-state index in [1.165, 1.54) is 54.3 Å². The van der Waals surface area contributed by atoms with E-state index in [0.717, 1.165) is 22.3 Å². The quantitative estimate of drug-likeness (QED) is 0.199. The lowest BCUT2D eigenvalue weighted by atomic mass is 9.54. The van der Waals surface area contributed by atoms with Crippen LogP contribution >= 0.6 is 11.8 Å². The molecule has 0 radical (unpaired) electrons. The zero-order valence-electron chi connectivity index (χ0n) is 25.2. The molecule has 0 saturated carbocycles. The van der Waals surface area contributed by atoms with Crippen molar-refractivity contribution in [2.75, 3.05) is 0 Å². The molecule has 0 amide bonds. The molecule has 6 aromatic carbocycles. The van der Waals surface area contributed by atoms with E-state index in [9.17, 15) is 0 Å². The van der Waals surface area contributed by atoms with Crippen LogP contribution in [-0.2, 0) is 10.8 Å². The normalized spacial score (nSPS) is 15.2. The van der Waals surface area contributed by atoms with Crippen molar-refractivity contribution in [3.63, 3.8) is 0 Å². The summed E-state index contributed by atoms with van der Waals surface area (Å²) in [7, 11) is 0. The van der Waals surface area contributed by atoms with E-state index in [1.807, 2.05) is 42.2 Å². The summed E-state index contributed by atoms with van der Waals surface area (Å²) >= 11 is 1.89. The van der Waals surface area contributed by atoms with Crippen LogP contribution in [0.5, 0.6) is 0 Å². The van der Waals surface area contributed by atoms with Crippen molar-refractivity contribution < 1.29 is 0 Å². The smallest absolute Gasteiger partial charge is 0.0894 e. The fourth-order valence-corrected chi connectivity index (χ4v) is 8.97. The average Bonchev–Trinajstić information content (AvgIpc) is 3.10. The maximum absolute atomic E-state index is 4.86. The summed E-state index contributed by atoms with van der Waals surface area (Å²) in [5.74, 6) is 0. The SMILES string of the molecule is CC1(C)c2ccccc2C2(c3ccccc3Sc3cc(-c4ccc(-c5cnc6ccccc6n5)cc4)ccc32)c2ccccc21. The Morgan fingerprint density at radius 1 is 0.467 bits per heavy atom. The Hall–Kier alpha value is -4.99. The first kappa shape index (κ1) is 26.4. The lowest BCUT2D eigenvalue weighted by Gasteiger charge is -2.50. The number of hydrogen-bond donors (Lipinski definition) is 0. The second-order valence-corrected chi connectivity index (χ2v) is 13.7. The zero-order valence-corrected chi connectivity index (χ0v) is 26.0. The molecule has 0 unspecified atom stereocenters. The van der Waals surface area contributed by atoms with Crippen LogP contribution in [0.25, 0.3) is 33.4 Å². The molecule has 2 nitrogen and oxygen atoms in total. The van der Waals surface area contributed by atoms with Crippen LogP contribution in [0.2, 0.25) is 0 Å². The van der Waals surface area contributed by atoms with E-state index in [2.05, 4.69) is 134 Å². The van der Waals surface area contributed by atoms with Crippen LogP contribution in [-0.4, -0.2) is 9.97 Å². The summed E-state index contributed by atoms with van der Waals surface area (Å²) in [6.07, 6.45) is 1.87. The molecule has 45 heavy (non-hydrogen) atoms. The number of aromatic nitrogens is 2. The van der Waals surface area contributed by atoms with Crippen molar-refractivity contribution in [3.05, 3.63) is 179 Å². The van der Waals surface area contributed by atoms with Gasteiger partial charge in [0.2, 0.25) is 0 Å². The average molecular weight is 595 g/mol. The van der Waals surface area contributed by atoms with Gasteiger partial charge in [-0.2, -0.15) is 0 Å². The first-order valence-corrected chi connectivity index (χ1v) is 16.3. The minimum absolute atomic E-state index is 0.102. The minimum Gasteiger partial charge on any atom is -0.252 e. The number of para-hydroxylation sites is 2. The van der Waals surface area contributed by atoms with E-state index in [1.54, 1.807) is 0 Å². The van der Waals surface area contributed by atoms with Gasteiger partial charge in [-0.05, 0) is 68.8 Å². The Morgan fingerprint density at radius 3 is 1.71 bits per heavy atom. The Balaban J connectivity index is 1.21. The van der Waals surface area contributed by atoms with Crippen LogP contribution < -0.4 is 0 Å². The van der Waals surface area contributed by atoms with Gasteiger partial charge < -0.3 is 0 Å². The molecule has 2 heterocycles. The van der Waals surface area contributed by atoms with Gasteiger partial charge >= 0.3 is 0 Å². The summed E-state index contributed by atoms with van der Waals surface area (Å²) < 4.78 is 0. The van der Waals surface area contributed by atoms with Gasteiger partial charge in [0.15, 0.2) is 0 Å². The van der Waals surface area contributed by atoms with Crippen LogP contribution in [0.1, 0.15) is 47.2 Å². The molecule has 9 rings (SSSR count). The van der Waals surface area contributed by atoms with E-state index in [-0.39, 0.29) is 5.41 Å². The maximum Gasteiger partial charge on any atom is 0.0894 e. The van der Waals surface area contributed by atoms with E-state index in [0.29, 0.717) is 0 Å².